The van der Waals surface area contributed by atoms with Crippen molar-refractivity contribution >= 4 is 23.6 Å². The lowest BCUT2D eigenvalue weighted by molar-refractivity contribution is -0.137. The third-order valence-electron chi connectivity index (χ3n) is 5.80. The van der Waals surface area contributed by atoms with Crippen LogP contribution in [0.15, 0.2) is 54.6 Å². The van der Waals surface area contributed by atoms with E-state index in [1.54, 1.807) is 17.0 Å². The zero-order chi connectivity index (χ0) is 20.2. The number of rotatable bonds is 3. The van der Waals surface area contributed by atoms with Gasteiger partial charge in [0.2, 0.25) is 5.91 Å². The molecule has 4 rings (SSSR count). The average molecular weight is 413 g/mol. The van der Waals surface area contributed by atoms with Crippen molar-refractivity contribution in [2.75, 3.05) is 31.1 Å². The van der Waals surface area contributed by atoms with Crippen molar-refractivity contribution in [2.24, 2.45) is 5.92 Å². The molecule has 0 bridgehead atoms. The lowest BCUT2D eigenvalue weighted by Crippen LogP contribution is -2.49. The Morgan fingerprint density at radius 3 is 2.34 bits per heavy atom. The van der Waals surface area contributed by atoms with Gasteiger partial charge in [-0.15, -0.1) is 0 Å². The first-order valence-electron chi connectivity index (χ1n) is 10.1. The van der Waals surface area contributed by atoms with Crippen molar-refractivity contribution in [3.05, 3.63) is 71.5 Å². The molecular weight excluding hydrogens is 387 g/mol. The molecule has 2 aliphatic rings. The molecule has 152 valence electrons. The van der Waals surface area contributed by atoms with Crippen molar-refractivity contribution in [3.8, 4) is 0 Å². The van der Waals surface area contributed by atoms with E-state index in [1.807, 2.05) is 47.0 Å². The van der Waals surface area contributed by atoms with Crippen molar-refractivity contribution in [2.45, 2.75) is 18.9 Å². The van der Waals surface area contributed by atoms with Crippen LogP contribution in [-0.2, 0) is 4.79 Å². The zero-order valence-corrected chi connectivity index (χ0v) is 17.1. The van der Waals surface area contributed by atoms with E-state index in [4.69, 9.17) is 0 Å². The summed E-state index contributed by atoms with van der Waals surface area (Å²) < 4.78 is 14.3. The monoisotopic (exact) mass is 412 g/mol. The van der Waals surface area contributed by atoms with Gasteiger partial charge in [0, 0.05) is 31.1 Å². The molecule has 2 fully saturated rings. The summed E-state index contributed by atoms with van der Waals surface area (Å²) in [6.45, 7) is 1.86. The molecule has 4 nitrogen and oxygen atoms in total. The molecule has 2 aromatic carbocycles. The molecule has 2 unspecified atom stereocenters. The fraction of sp³-hybridized carbons (Fsp3) is 0.391. The fourth-order valence-corrected chi connectivity index (χ4v) is 5.15. The molecule has 29 heavy (non-hydrogen) atoms. The quantitative estimate of drug-likeness (QED) is 0.765. The number of halogens is 1. The number of hydrogen-bond donors (Lipinski definition) is 0. The van der Waals surface area contributed by atoms with E-state index in [-0.39, 0.29) is 29.3 Å². The van der Waals surface area contributed by atoms with Crippen LogP contribution in [0.25, 0.3) is 0 Å². The van der Waals surface area contributed by atoms with E-state index in [0.717, 1.165) is 36.6 Å². The summed E-state index contributed by atoms with van der Waals surface area (Å²) >= 11 is 1.86. The smallest absolute Gasteiger partial charge is 0.257 e. The molecule has 2 saturated heterocycles. The Morgan fingerprint density at radius 2 is 1.62 bits per heavy atom. The second-order valence-electron chi connectivity index (χ2n) is 7.58. The van der Waals surface area contributed by atoms with E-state index < -0.39 is 5.82 Å². The van der Waals surface area contributed by atoms with Gasteiger partial charge in [-0.05, 0) is 30.5 Å². The number of nitrogens with zero attached hydrogens (tertiary/aromatic N) is 2. The maximum absolute atomic E-state index is 14.3. The third-order valence-corrected chi connectivity index (χ3v) is 6.75. The second-order valence-corrected chi connectivity index (χ2v) is 8.80. The first-order chi connectivity index (χ1) is 14.1. The Balaban J connectivity index is 1.60. The highest BCUT2D eigenvalue weighted by Gasteiger charge is 2.38. The molecule has 0 aliphatic carbocycles. The Hall–Kier alpha value is -2.34. The summed E-state index contributed by atoms with van der Waals surface area (Å²) in [5.74, 6) is 0.956. The highest BCUT2D eigenvalue weighted by atomic mass is 32.2. The number of amides is 2. The molecule has 2 aliphatic heterocycles. The van der Waals surface area contributed by atoms with E-state index in [1.165, 1.54) is 12.1 Å². The SMILES string of the molecule is O=C(C1CCC(c2ccccc2)N(C(=O)c2ccccc2F)C1)N1CCSCC1. The van der Waals surface area contributed by atoms with Gasteiger partial charge in [-0.2, -0.15) is 11.8 Å². The molecular formula is C23H25FN2O2S. The number of thioether (sulfide) groups is 1. The topological polar surface area (TPSA) is 40.6 Å². The lowest BCUT2D eigenvalue weighted by Gasteiger charge is -2.41. The molecule has 0 N–H and O–H groups in total. The molecule has 2 heterocycles. The standard InChI is InChI=1S/C23H25FN2O2S/c24-20-9-5-4-8-19(20)23(28)26-16-18(22(27)25-12-14-29-15-13-25)10-11-21(26)17-6-2-1-3-7-17/h1-9,18,21H,10-16H2. The van der Waals surface area contributed by atoms with E-state index >= 15 is 0 Å². The van der Waals surface area contributed by atoms with Gasteiger partial charge in [0.15, 0.2) is 0 Å². The highest BCUT2D eigenvalue weighted by molar-refractivity contribution is 7.99. The first kappa shape index (κ1) is 20.0. The maximum atomic E-state index is 14.3. The van der Waals surface area contributed by atoms with Crippen LogP contribution in [0.5, 0.6) is 0 Å². The van der Waals surface area contributed by atoms with Crippen molar-refractivity contribution < 1.29 is 14.0 Å². The highest BCUT2D eigenvalue weighted by Crippen LogP contribution is 2.35. The third kappa shape index (κ3) is 4.32. The molecule has 0 spiro atoms. The van der Waals surface area contributed by atoms with Crippen LogP contribution in [0.3, 0.4) is 0 Å². The minimum Gasteiger partial charge on any atom is -0.341 e. The van der Waals surface area contributed by atoms with Crippen LogP contribution in [0.4, 0.5) is 4.39 Å². The minimum atomic E-state index is -0.522. The summed E-state index contributed by atoms with van der Waals surface area (Å²) in [5, 5.41) is 0. The predicted octanol–water partition coefficient (Wildman–Crippen LogP) is 3.99. The Bertz CT molecular complexity index is 870. The summed E-state index contributed by atoms with van der Waals surface area (Å²) in [6, 6.07) is 15.8. The lowest BCUT2D eigenvalue weighted by atomic mass is 9.87. The second kappa shape index (κ2) is 8.99. The van der Waals surface area contributed by atoms with Gasteiger partial charge in [-0.25, -0.2) is 4.39 Å². The first-order valence-corrected chi connectivity index (χ1v) is 11.3. The largest absolute Gasteiger partial charge is 0.341 e. The summed E-state index contributed by atoms with van der Waals surface area (Å²) in [4.78, 5) is 30.0. The molecule has 2 atom stereocenters. The van der Waals surface area contributed by atoms with Gasteiger partial charge in [0.1, 0.15) is 5.82 Å². The van der Waals surface area contributed by atoms with Gasteiger partial charge in [-0.1, -0.05) is 42.5 Å². The van der Waals surface area contributed by atoms with Crippen LogP contribution < -0.4 is 0 Å². The molecule has 0 radical (unpaired) electrons. The fourth-order valence-electron chi connectivity index (χ4n) is 4.25. The Kier molecular flexibility index (Phi) is 6.19. The summed E-state index contributed by atoms with van der Waals surface area (Å²) in [7, 11) is 0. The van der Waals surface area contributed by atoms with Crippen LogP contribution in [0, 0.1) is 11.7 Å². The van der Waals surface area contributed by atoms with Gasteiger partial charge in [0.25, 0.3) is 5.91 Å². The van der Waals surface area contributed by atoms with E-state index in [9.17, 15) is 14.0 Å². The average Bonchev–Trinajstić information content (AvgIpc) is 2.79. The molecule has 2 aromatic rings. The molecule has 2 amide bonds. The van der Waals surface area contributed by atoms with Crippen molar-refractivity contribution in [1.82, 2.24) is 9.80 Å². The van der Waals surface area contributed by atoms with Crippen LogP contribution >= 0.6 is 11.8 Å². The van der Waals surface area contributed by atoms with Crippen LogP contribution in [0.2, 0.25) is 0 Å². The Labute approximate surface area is 175 Å². The van der Waals surface area contributed by atoms with Crippen LogP contribution in [0.1, 0.15) is 34.8 Å². The maximum Gasteiger partial charge on any atom is 0.257 e. The van der Waals surface area contributed by atoms with Gasteiger partial charge >= 0.3 is 0 Å². The number of piperidine rings is 1. The van der Waals surface area contributed by atoms with E-state index in [0.29, 0.717) is 13.0 Å². The van der Waals surface area contributed by atoms with Crippen molar-refractivity contribution in [3.63, 3.8) is 0 Å². The van der Waals surface area contributed by atoms with Gasteiger partial charge in [-0.3, -0.25) is 9.59 Å². The number of likely N-dealkylation sites (tertiary alicyclic amines) is 1. The molecule has 0 saturated carbocycles. The number of benzene rings is 2. The molecule has 6 heteroatoms. The normalized spacial score (nSPS) is 22.4. The summed E-state index contributed by atoms with van der Waals surface area (Å²) in [5.41, 5.74) is 1.09. The van der Waals surface area contributed by atoms with Crippen LogP contribution in [-0.4, -0.2) is 52.8 Å². The van der Waals surface area contributed by atoms with E-state index in [2.05, 4.69) is 0 Å². The predicted molar refractivity (Wildman–Crippen MR) is 113 cm³/mol. The van der Waals surface area contributed by atoms with Crippen molar-refractivity contribution in [1.29, 1.82) is 0 Å². The van der Waals surface area contributed by atoms with Gasteiger partial charge < -0.3 is 9.80 Å². The minimum absolute atomic E-state index is 0.0657. The Morgan fingerprint density at radius 1 is 0.931 bits per heavy atom. The molecule has 0 aromatic heterocycles. The zero-order valence-electron chi connectivity index (χ0n) is 16.3. The number of hydrogen-bond acceptors (Lipinski definition) is 3. The van der Waals surface area contributed by atoms with Gasteiger partial charge in [0.05, 0.1) is 17.5 Å². The number of carbonyl (C=O) groups excluding carboxylic acids is 2. The number of carbonyl (C=O) groups is 2. The summed E-state index contributed by atoms with van der Waals surface area (Å²) in [6.07, 6.45) is 1.44.